The number of pyridine rings is 1. The van der Waals surface area contributed by atoms with Gasteiger partial charge >= 0.3 is 5.97 Å². The van der Waals surface area contributed by atoms with Gasteiger partial charge in [0, 0.05) is 11.6 Å². The first-order valence-corrected chi connectivity index (χ1v) is 5.10. The first-order valence-electron chi connectivity index (χ1n) is 5.10. The highest BCUT2D eigenvalue weighted by atomic mass is 16.7. The van der Waals surface area contributed by atoms with Crippen molar-refractivity contribution in [1.82, 2.24) is 9.38 Å². The molecule has 0 fully saturated rings. The number of hydrogen-bond donors (Lipinski definition) is 3. The van der Waals surface area contributed by atoms with E-state index in [9.17, 15) is 15.3 Å². The molecule has 2 heterocycles. The van der Waals surface area contributed by atoms with Crippen molar-refractivity contribution in [1.29, 1.82) is 0 Å². The molecule has 0 aliphatic rings. The third-order valence-electron chi connectivity index (χ3n) is 2.75. The van der Waals surface area contributed by atoms with E-state index >= 15 is 0 Å². The number of benzene rings is 1. The summed E-state index contributed by atoms with van der Waals surface area (Å²) in [6.07, 6.45) is 2.87. The van der Waals surface area contributed by atoms with Crippen molar-refractivity contribution in [3.8, 4) is 0 Å². The second-order valence-corrected chi connectivity index (χ2v) is 3.88. The lowest BCUT2D eigenvalue weighted by Crippen LogP contribution is -2.25. The summed E-state index contributed by atoms with van der Waals surface area (Å²) in [4.78, 5) is 4.10. The third kappa shape index (κ3) is 1.49. The molecule has 0 radical (unpaired) electrons. The largest absolute Gasteiger partial charge is 0.338 e. The quantitative estimate of drug-likeness (QED) is 0.534. The maximum atomic E-state index is 9.20. The van der Waals surface area contributed by atoms with Gasteiger partial charge in [0.15, 0.2) is 0 Å². The summed E-state index contributed by atoms with van der Waals surface area (Å²) in [6.45, 7) is 0. The van der Waals surface area contributed by atoms with E-state index < -0.39 is 5.97 Å². The minimum atomic E-state index is -2.89. The lowest BCUT2D eigenvalue weighted by Gasteiger charge is -2.13. The van der Waals surface area contributed by atoms with Crippen LogP contribution in [-0.4, -0.2) is 24.7 Å². The fourth-order valence-corrected chi connectivity index (χ4v) is 1.96. The second kappa shape index (κ2) is 3.27. The maximum Gasteiger partial charge on any atom is 0.322 e. The molecule has 0 saturated heterocycles. The molecule has 0 atom stereocenters. The van der Waals surface area contributed by atoms with Gasteiger partial charge in [0.2, 0.25) is 0 Å². The molecule has 0 bridgehead atoms. The van der Waals surface area contributed by atoms with Gasteiger partial charge in [-0.3, -0.25) is 4.40 Å². The first-order chi connectivity index (χ1) is 8.07. The molecule has 2 aromatic heterocycles. The van der Waals surface area contributed by atoms with Gasteiger partial charge < -0.3 is 15.3 Å². The molecule has 3 rings (SSSR count). The monoisotopic (exact) mass is 230 g/mol. The fourth-order valence-electron chi connectivity index (χ4n) is 1.96. The Morgan fingerprint density at radius 3 is 2.59 bits per heavy atom. The Bertz CT molecular complexity index is 698. The Labute approximate surface area is 96.2 Å². The van der Waals surface area contributed by atoms with Crippen molar-refractivity contribution < 1.29 is 15.3 Å². The van der Waals surface area contributed by atoms with E-state index in [-0.39, 0.29) is 5.69 Å². The molecule has 0 aliphatic heterocycles. The van der Waals surface area contributed by atoms with Crippen LogP contribution >= 0.6 is 0 Å². The third-order valence-corrected chi connectivity index (χ3v) is 2.75. The van der Waals surface area contributed by atoms with Gasteiger partial charge in [0.1, 0.15) is 11.3 Å². The number of aliphatic hydroxyl groups is 3. The van der Waals surface area contributed by atoms with Gasteiger partial charge in [-0.1, -0.05) is 24.3 Å². The summed E-state index contributed by atoms with van der Waals surface area (Å²) in [6, 6.07) is 9.43. The lowest BCUT2D eigenvalue weighted by molar-refractivity contribution is -0.326. The number of imidazole rings is 1. The molecule has 86 valence electrons. The van der Waals surface area contributed by atoms with Crippen LogP contribution in [0.25, 0.3) is 16.4 Å². The van der Waals surface area contributed by atoms with Crippen LogP contribution < -0.4 is 0 Å². The molecular weight excluding hydrogens is 220 g/mol. The molecule has 17 heavy (non-hydrogen) atoms. The van der Waals surface area contributed by atoms with Crippen molar-refractivity contribution in [2.75, 3.05) is 0 Å². The van der Waals surface area contributed by atoms with Crippen LogP contribution in [0.1, 0.15) is 5.69 Å². The summed E-state index contributed by atoms with van der Waals surface area (Å²) >= 11 is 0. The molecule has 0 amide bonds. The zero-order valence-electron chi connectivity index (χ0n) is 8.78. The van der Waals surface area contributed by atoms with E-state index in [1.54, 1.807) is 6.20 Å². The van der Waals surface area contributed by atoms with Gasteiger partial charge in [0.05, 0.1) is 6.20 Å². The van der Waals surface area contributed by atoms with Gasteiger partial charge in [-0.25, -0.2) is 4.98 Å². The molecule has 5 heteroatoms. The highest BCUT2D eigenvalue weighted by Gasteiger charge is 2.26. The highest BCUT2D eigenvalue weighted by molar-refractivity contribution is 5.93. The van der Waals surface area contributed by atoms with Crippen LogP contribution in [0.5, 0.6) is 0 Å². The molecule has 0 spiro atoms. The van der Waals surface area contributed by atoms with Gasteiger partial charge in [0.25, 0.3) is 0 Å². The number of fused-ring (bicyclic) bond motifs is 3. The van der Waals surface area contributed by atoms with E-state index in [0.717, 1.165) is 10.8 Å². The summed E-state index contributed by atoms with van der Waals surface area (Å²) < 4.78 is 1.45. The average Bonchev–Trinajstić information content (AvgIpc) is 2.72. The predicted octanol–water partition coefficient (Wildman–Crippen LogP) is 0.575. The Morgan fingerprint density at radius 2 is 1.82 bits per heavy atom. The number of rotatable bonds is 1. The zero-order valence-corrected chi connectivity index (χ0v) is 8.78. The summed E-state index contributed by atoms with van der Waals surface area (Å²) in [7, 11) is 0. The topological polar surface area (TPSA) is 78.0 Å². The average molecular weight is 230 g/mol. The Balaban J connectivity index is 2.43. The number of hydrogen-bond acceptors (Lipinski definition) is 4. The van der Waals surface area contributed by atoms with Gasteiger partial charge in [-0.05, 0) is 11.5 Å². The molecule has 0 saturated carbocycles. The van der Waals surface area contributed by atoms with Crippen LogP contribution in [0.3, 0.4) is 0 Å². The molecule has 5 nitrogen and oxygen atoms in total. The summed E-state index contributed by atoms with van der Waals surface area (Å²) in [5, 5.41) is 29.5. The Kier molecular flexibility index (Phi) is 1.97. The van der Waals surface area contributed by atoms with Crippen molar-refractivity contribution in [3.63, 3.8) is 0 Å². The Hall–Kier alpha value is -1.95. The predicted molar refractivity (Wildman–Crippen MR) is 61.0 cm³/mol. The zero-order chi connectivity index (χ0) is 12.0. The molecule has 1 aromatic carbocycles. The van der Waals surface area contributed by atoms with Crippen molar-refractivity contribution in [3.05, 3.63) is 48.4 Å². The summed E-state index contributed by atoms with van der Waals surface area (Å²) in [5.74, 6) is -2.89. The number of aromatic nitrogens is 2. The van der Waals surface area contributed by atoms with Crippen molar-refractivity contribution in [2.24, 2.45) is 0 Å². The van der Waals surface area contributed by atoms with Crippen LogP contribution in [0.15, 0.2) is 42.7 Å². The standard InChI is InChI=1S/C12H10N2O3/c15-12(16,17)10-7-13-11-9-4-2-1-3-8(9)5-6-14(10)11/h1-7,15-17H. The van der Waals surface area contributed by atoms with Crippen molar-refractivity contribution in [2.45, 2.75) is 5.97 Å². The number of nitrogens with zero attached hydrogens (tertiary/aromatic N) is 2. The molecule has 0 aliphatic carbocycles. The SMILES string of the molecule is OC(O)(O)c1cnc2c3ccccc3ccn12. The molecule has 3 N–H and O–H groups in total. The van der Waals surface area contributed by atoms with E-state index in [4.69, 9.17) is 0 Å². The van der Waals surface area contributed by atoms with E-state index in [2.05, 4.69) is 4.98 Å². The van der Waals surface area contributed by atoms with Gasteiger partial charge in [-0.15, -0.1) is 0 Å². The van der Waals surface area contributed by atoms with Crippen LogP contribution in [0.2, 0.25) is 0 Å². The highest BCUT2D eigenvalue weighted by Crippen LogP contribution is 2.23. The first kappa shape index (κ1) is 10.2. The Morgan fingerprint density at radius 1 is 1.06 bits per heavy atom. The van der Waals surface area contributed by atoms with Crippen LogP contribution in [0.4, 0.5) is 0 Å². The second-order valence-electron chi connectivity index (χ2n) is 3.88. The summed E-state index contributed by atoms with van der Waals surface area (Å²) in [5.41, 5.74) is 0.484. The lowest BCUT2D eigenvalue weighted by atomic mass is 10.2. The van der Waals surface area contributed by atoms with Crippen molar-refractivity contribution >= 4 is 16.4 Å². The molecular formula is C12H10N2O3. The fraction of sp³-hybridized carbons (Fsp3) is 0.0833. The minimum Gasteiger partial charge on any atom is -0.338 e. The van der Waals surface area contributed by atoms with E-state index in [0.29, 0.717) is 5.65 Å². The van der Waals surface area contributed by atoms with Gasteiger partial charge in [-0.2, -0.15) is 0 Å². The smallest absolute Gasteiger partial charge is 0.322 e. The van der Waals surface area contributed by atoms with E-state index in [1.807, 2.05) is 30.3 Å². The maximum absolute atomic E-state index is 9.20. The van der Waals surface area contributed by atoms with Crippen LogP contribution in [0, 0.1) is 0 Å². The minimum absolute atomic E-state index is 0.0850. The van der Waals surface area contributed by atoms with Crippen LogP contribution in [-0.2, 0) is 5.97 Å². The normalized spacial score (nSPS) is 12.4. The van der Waals surface area contributed by atoms with E-state index in [1.165, 1.54) is 10.6 Å². The molecule has 3 aromatic rings. The molecule has 0 unspecified atom stereocenters.